The second kappa shape index (κ2) is 25.7. The van der Waals surface area contributed by atoms with Crippen LogP contribution < -0.4 is 0 Å². The molecule has 0 aromatic rings. The Morgan fingerprint density at radius 2 is 1.56 bits per heavy atom. The van der Waals surface area contributed by atoms with Gasteiger partial charge in [0.05, 0.1) is 24.4 Å². The van der Waals surface area contributed by atoms with E-state index < -0.39 is 97.0 Å². The zero-order chi connectivity index (χ0) is 51.7. The van der Waals surface area contributed by atoms with Gasteiger partial charge in [-0.3, -0.25) is 23.7 Å². The van der Waals surface area contributed by atoms with E-state index in [-0.39, 0.29) is 48.6 Å². The van der Waals surface area contributed by atoms with Gasteiger partial charge in [-0.25, -0.2) is 4.79 Å². The van der Waals surface area contributed by atoms with Crippen LogP contribution in [0.2, 0.25) is 0 Å². The van der Waals surface area contributed by atoms with Crippen LogP contribution in [-0.4, -0.2) is 139 Å². The van der Waals surface area contributed by atoms with Gasteiger partial charge in [0.25, 0.3) is 11.7 Å². The lowest BCUT2D eigenvalue weighted by molar-refractivity contribution is -0.266. The first kappa shape index (κ1) is 57.8. The first-order valence-corrected chi connectivity index (χ1v) is 27.9. The molecule has 2 N–H and O–H groups in total. The second-order valence-corrected chi connectivity index (χ2v) is 24.1. The average Bonchev–Trinajstić information content (AvgIpc) is 3.34. The van der Waals surface area contributed by atoms with E-state index >= 15 is 0 Å². The lowest BCUT2D eigenvalue weighted by Gasteiger charge is -2.50. The lowest BCUT2D eigenvalue weighted by Crippen LogP contribution is -2.65. The van der Waals surface area contributed by atoms with Crippen LogP contribution in [-0.2, 0) is 56.7 Å². The summed E-state index contributed by atoms with van der Waals surface area (Å²) in [6.45, 7) is 14.6. The van der Waals surface area contributed by atoms with Crippen LogP contribution in [0.25, 0.3) is 0 Å². The number of ether oxygens (including phenoxy) is 5. The van der Waals surface area contributed by atoms with Gasteiger partial charge < -0.3 is 43.3 Å². The lowest BCUT2D eigenvalue weighted by atomic mass is 9.68. The number of fused-ring (bicyclic) bond motifs is 4. The Kier molecular flexibility index (Phi) is 21.2. The summed E-state index contributed by atoms with van der Waals surface area (Å²) in [5.74, 6) is -8.61. The van der Waals surface area contributed by atoms with Gasteiger partial charge in [0.15, 0.2) is 5.78 Å². The molecule has 4 bridgehead atoms. The number of Topliss-reactive ketones (excluding diaryl/α,β-unsaturated/α-hetero) is 3. The topological polar surface area (TPSA) is 201 Å². The number of aliphatic hydroxyl groups is 2. The second-order valence-electron chi connectivity index (χ2n) is 21.0. The number of carbonyl (C=O) groups is 5. The van der Waals surface area contributed by atoms with E-state index in [9.17, 15) is 38.8 Å². The van der Waals surface area contributed by atoms with E-state index in [0.29, 0.717) is 82.1 Å². The summed E-state index contributed by atoms with van der Waals surface area (Å²) in [6, 6.07) is -1.15. The molecule has 3 saturated heterocycles. The molecule has 16 heteroatoms. The van der Waals surface area contributed by atoms with Crippen molar-refractivity contribution in [1.82, 2.24) is 4.90 Å². The number of esters is 1. The third kappa shape index (κ3) is 13.7. The molecule has 5 aliphatic rings. The fraction of sp³-hybridized carbons (Fsp3) is 0.759. The molecule has 394 valence electrons. The van der Waals surface area contributed by atoms with Crippen molar-refractivity contribution >= 4 is 36.6 Å². The molecule has 5 rings (SSSR count). The van der Waals surface area contributed by atoms with Gasteiger partial charge in [-0.15, -0.1) is 0 Å². The molecule has 4 fully saturated rings. The van der Waals surface area contributed by atoms with Crippen LogP contribution in [0.1, 0.15) is 126 Å². The van der Waals surface area contributed by atoms with E-state index in [1.54, 1.807) is 41.1 Å². The van der Waals surface area contributed by atoms with Gasteiger partial charge >= 0.3 is 5.97 Å². The molecule has 1 amide bonds. The number of amides is 1. The molecule has 1 saturated carbocycles. The Hall–Kier alpha value is -3.14. The summed E-state index contributed by atoms with van der Waals surface area (Å²) >= 11 is 0. The van der Waals surface area contributed by atoms with Crippen LogP contribution in [0.3, 0.4) is 0 Å². The number of ketones is 3. The molecular weight excluding hydrogens is 918 g/mol. The summed E-state index contributed by atoms with van der Waals surface area (Å²) in [5.41, 5.74) is 1.27. The van der Waals surface area contributed by atoms with Crippen molar-refractivity contribution in [3.63, 3.8) is 0 Å². The van der Waals surface area contributed by atoms with E-state index in [0.717, 1.165) is 5.57 Å². The molecule has 70 heavy (non-hydrogen) atoms. The van der Waals surface area contributed by atoms with Crippen LogP contribution >= 0.6 is 7.37 Å². The quantitative estimate of drug-likeness (QED) is 0.0983. The summed E-state index contributed by atoms with van der Waals surface area (Å²) in [7, 11) is 1.74. The fourth-order valence-electron chi connectivity index (χ4n) is 11.6. The van der Waals surface area contributed by atoms with E-state index in [1.165, 1.54) is 12.0 Å². The molecule has 16 atom stereocenters. The third-order valence-corrected chi connectivity index (χ3v) is 18.8. The van der Waals surface area contributed by atoms with E-state index in [1.807, 2.05) is 65.0 Å². The minimum atomic E-state index is -2.84. The zero-order valence-electron chi connectivity index (χ0n) is 43.7. The van der Waals surface area contributed by atoms with Crippen LogP contribution in [0.4, 0.5) is 0 Å². The van der Waals surface area contributed by atoms with Crippen molar-refractivity contribution in [3.8, 4) is 0 Å². The predicted octanol–water partition coefficient (Wildman–Crippen LogP) is 7.74. The Morgan fingerprint density at radius 3 is 2.21 bits per heavy atom. The van der Waals surface area contributed by atoms with Crippen molar-refractivity contribution in [2.75, 3.05) is 40.2 Å². The summed E-state index contributed by atoms with van der Waals surface area (Å²) < 4.78 is 49.6. The zero-order valence-corrected chi connectivity index (χ0v) is 44.6. The number of hydrogen-bond acceptors (Lipinski definition) is 14. The average molecular weight is 1000 g/mol. The number of piperidine rings is 1. The molecule has 15 nitrogen and oxygen atoms in total. The highest BCUT2D eigenvalue weighted by Crippen LogP contribution is 2.51. The number of allylic oxidation sites excluding steroid dienone is 6. The summed E-state index contributed by atoms with van der Waals surface area (Å²) in [5, 5.41) is 23.6. The Balaban J connectivity index is 1.51. The van der Waals surface area contributed by atoms with Crippen molar-refractivity contribution in [1.29, 1.82) is 0 Å². The number of carbonyl (C=O) groups excluding carboxylic acids is 5. The Labute approximate surface area is 417 Å². The number of methoxy groups -OCH3 is 3. The fourth-order valence-corrected chi connectivity index (χ4v) is 13.1. The van der Waals surface area contributed by atoms with Crippen molar-refractivity contribution < 1.29 is 67.0 Å². The first-order chi connectivity index (χ1) is 33.1. The molecule has 9 unspecified atom stereocenters. The maximum absolute atomic E-state index is 14.6. The number of rotatable bonds is 9. The molecule has 4 aliphatic heterocycles. The number of nitrogens with zero attached hydrogens (tertiary/aromatic N) is 1. The molecular formula is C54H84NO14P. The summed E-state index contributed by atoms with van der Waals surface area (Å²) in [6.07, 6.45) is 11.9. The number of hydrogen-bond donors (Lipinski definition) is 2. The highest BCUT2D eigenvalue weighted by atomic mass is 31.2. The van der Waals surface area contributed by atoms with Crippen LogP contribution in [0.15, 0.2) is 47.6 Å². The van der Waals surface area contributed by atoms with Gasteiger partial charge in [-0.2, -0.15) is 0 Å². The van der Waals surface area contributed by atoms with Gasteiger partial charge in [0.1, 0.15) is 30.1 Å². The molecule has 0 aromatic carbocycles. The molecule has 1 aliphatic carbocycles. The third-order valence-electron chi connectivity index (χ3n) is 16.2. The molecule has 4 heterocycles. The van der Waals surface area contributed by atoms with Gasteiger partial charge in [0, 0.05) is 76.7 Å². The van der Waals surface area contributed by atoms with Gasteiger partial charge in [-0.1, -0.05) is 78.0 Å². The normalized spacial score (nSPS) is 40.7. The standard InChI is InChI=1S/C54H84NO14P/c1-12-70(63,13-2)69-43-24-22-38(29-46(43)65-10)28-41-40-20-17-25-55-47(40)53(61)67-45(41)31-42(56)34(5)27-36(7)49(58)50(66-11)48(57)35(6)26-32(3)18-15-14-16-19-33(4)44(64-9)30-39-23-21-37(8)54(62,68-39)51(59)52(55)60/h14-16,18-19,27,32,34-35,37-41,43-47,49-50,58,62H,12-13,17,20-26,28-31H2,1-11H3/b16-14+,18-15+,33-19+,36-27+/t32-,34?,35?,37?,38?,39+,40-,41?,43-,44+,45+,46?,47?,49?,50+,54?/m1/s1. The number of aliphatic hydroxyl groups excluding tert-OH is 1. The van der Waals surface area contributed by atoms with Crippen LogP contribution in [0.5, 0.6) is 0 Å². The monoisotopic (exact) mass is 1000 g/mol. The van der Waals surface area contributed by atoms with Crippen LogP contribution in [0, 0.1) is 41.4 Å². The SMILES string of the molecule is CCP(=O)(CC)O[C@@H]1CCC(CC2[C@H]3CCCN4C(=O)C(=O)C5(O)O[C@@H](CCC5C)C[C@H](OC)/C(C)=C/C=C/C=C/[C@@H](C)CC(C)C(=O)[C@H](OC)C(O)/C(C)=C/C(C)C(=O)C[C@@H]2OC(=O)C34)CC1OC. The maximum Gasteiger partial charge on any atom is 0.329 e. The minimum absolute atomic E-state index is 0.0150. The van der Waals surface area contributed by atoms with Gasteiger partial charge in [0.2, 0.25) is 13.2 Å². The predicted molar refractivity (Wildman–Crippen MR) is 266 cm³/mol. The molecule has 0 spiro atoms. The van der Waals surface area contributed by atoms with Crippen molar-refractivity contribution in [2.24, 2.45) is 41.4 Å². The highest BCUT2D eigenvalue weighted by molar-refractivity contribution is 7.58. The Bertz CT molecular complexity index is 2010. The van der Waals surface area contributed by atoms with E-state index in [4.69, 9.17) is 28.2 Å². The van der Waals surface area contributed by atoms with E-state index in [2.05, 4.69) is 0 Å². The largest absolute Gasteiger partial charge is 0.460 e. The van der Waals surface area contributed by atoms with Crippen molar-refractivity contribution in [2.45, 2.75) is 181 Å². The van der Waals surface area contributed by atoms with Gasteiger partial charge in [-0.05, 0) is 101 Å². The molecule has 0 radical (unpaired) electrons. The van der Waals surface area contributed by atoms with Crippen molar-refractivity contribution in [3.05, 3.63) is 47.6 Å². The smallest absolute Gasteiger partial charge is 0.329 e. The summed E-state index contributed by atoms with van der Waals surface area (Å²) in [4.78, 5) is 72.8. The first-order valence-electron chi connectivity index (χ1n) is 25.9. The maximum atomic E-state index is 14.6. The minimum Gasteiger partial charge on any atom is -0.460 e. The Morgan fingerprint density at radius 1 is 0.843 bits per heavy atom. The highest BCUT2D eigenvalue weighted by Gasteiger charge is 2.57. The molecule has 0 aromatic heterocycles.